The summed E-state index contributed by atoms with van der Waals surface area (Å²) < 4.78 is 12.2. The average molecular weight is 517 g/mol. The number of likely N-dealkylation sites (tertiary alicyclic amines) is 1. The number of carbonyl (C=O) groups is 1. The van der Waals surface area contributed by atoms with Crippen molar-refractivity contribution in [3.63, 3.8) is 0 Å². The van der Waals surface area contributed by atoms with Crippen LogP contribution >= 0.6 is 0 Å². The average Bonchev–Trinajstić information content (AvgIpc) is 3.42. The van der Waals surface area contributed by atoms with Crippen LogP contribution < -0.4 is 5.32 Å². The summed E-state index contributed by atoms with van der Waals surface area (Å²) in [4.78, 5) is 15.4. The molecule has 2 N–H and O–H groups in total. The number of hydrogen-bond donors (Lipinski definition) is 2. The molecule has 2 aliphatic heterocycles. The monoisotopic (exact) mass is 516 g/mol. The number of carbonyl (C=O) groups excluding carboxylic acids is 1. The van der Waals surface area contributed by atoms with Crippen LogP contribution in [0.4, 0.5) is 0 Å². The molecular formula is C31H52N2O4. The van der Waals surface area contributed by atoms with Gasteiger partial charge in [-0.3, -0.25) is 9.69 Å². The van der Waals surface area contributed by atoms with Crippen LogP contribution in [0.15, 0.2) is 30.3 Å². The zero-order valence-corrected chi connectivity index (χ0v) is 23.4. The maximum Gasteiger partial charge on any atom is 0.243 e. The summed E-state index contributed by atoms with van der Waals surface area (Å²) in [6, 6.07) is 9.34. The van der Waals surface area contributed by atoms with Crippen LogP contribution in [0.1, 0.15) is 115 Å². The molecule has 0 aliphatic carbocycles. The highest BCUT2D eigenvalue weighted by molar-refractivity contribution is 5.76. The van der Waals surface area contributed by atoms with Gasteiger partial charge in [-0.1, -0.05) is 114 Å². The Morgan fingerprint density at radius 3 is 1.97 bits per heavy atom. The fraction of sp³-hybridized carbons (Fsp3) is 0.774. The van der Waals surface area contributed by atoms with E-state index >= 15 is 0 Å². The van der Waals surface area contributed by atoms with Gasteiger partial charge in [-0.2, -0.15) is 0 Å². The number of rotatable bonds is 18. The van der Waals surface area contributed by atoms with E-state index in [1.54, 1.807) is 0 Å². The van der Waals surface area contributed by atoms with Crippen molar-refractivity contribution in [1.82, 2.24) is 10.2 Å². The zero-order valence-electron chi connectivity index (χ0n) is 23.4. The lowest BCUT2D eigenvalue weighted by Gasteiger charge is -2.50. The second kappa shape index (κ2) is 16.5. The predicted molar refractivity (Wildman–Crippen MR) is 149 cm³/mol. The number of benzene rings is 1. The molecule has 1 aromatic carbocycles. The van der Waals surface area contributed by atoms with E-state index < -0.39 is 11.5 Å². The van der Waals surface area contributed by atoms with Crippen LogP contribution in [0.3, 0.4) is 0 Å². The van der Waals surface area contributed by atoms with Crippen LogP contribution in [0.5, 0.6) is 0 Å². The van der Waals surface area contributed by atoms with Gasteiger partial charge in [0.25, 0.3) is 0 Å². The van der Waals surface area contributed by atoms with Crippen LogP contribution in [0, 0.1) is 0 Å². The maximum atomic E-state index is 13.1. The van der Waals surface area contributed by atoms with Gasteiger partial charge in [-0.25, -0.2) is 0 Å². The SMILES string of the molecule is CCCCCCCCCCCCCCCC(=O)NC1(CN2CCCC2)OCCOC1(O)c1ccccc1. The third-order valence-electron chi connectivity index (χ3n) is 7.95. The Balaban J connectivity index is 1.42. The van der Waals surface area contributed by atoms with E-state index in [9.17, 15) is 9.90 Å². The molecule has 2 fully saturated rings. The number of aliphatic hydroxyl groups is 1. The topological polar surface area (TPSA) is 71.0 Å². The third kappa shape index (κ3) is 9.35. The van der Waals surface area contributed by atoms with Gasteiger partial charge >= 0.3 is 0 Å². The predicted octanol–water partition coefficient (Wildman–Crippen LogP) is 6.27. The zero-order chi connectivity index (χ0) is 26.2. The number of nitrogens with one attached hydrogen (secondary N) is 1. The lowest BCUT2D eigenvalue weighted by Crippen LogP contribution is -2.71. The maximum absolute atomic E-state index is 13.1. The summed E-state index contributed by atoms with van der Waals surface area (Å²) in [5.41, 5.74) is -0.722. The first-order valence-corrected chi connectivity index (χ1v) is 15.2. The molecule has 2 heterocycles. The second-order valence-electron chi connectivity index (χ2n) is 11.1. The lowest BCUT2D eigenvalue weighted by molar-refractivity contribution is -0.369. The summed E-state index contributed by atoms with van der Waals surface area (Å²) in [5.74, 6) is -1.82. The summed E-state index contributed by atoms with van der Waals surface area (Å²) in [7, 11) is 0. The van der Waals surface area contributed by atoms with E-state index in [0.717, 1.165) is 38.8 Å². The summed E-state index contributed by atoms with van der Waals surface area (Å²) in [5, 5.41) is 15.0. The minimum absolute atomic E-state index is 0.0814. The fourth-order valence-corrected chi connectivity index (χ4v) is 5.76. The van der Waals surface area contributed by atoms with Gasteiger partial charge in [0.05, 0.1) is 19.8 Å². The molecule has 2 atom stereocenters. The fourth-order valence-electron chi connectivity index (χ4n) is 5.76. The van der Waals surface area contributed by atoms with Crippen molar-refractivity contribution in [1.29, 1.82) is 0 Å². The van der Waals surface area contributed by atoms with Crippen molar-refractivity contribution in [2.24, 2.45) is 0 Å². The van der Waals surface area contributed by atoms with Gasteiger partial charge in [-0.05, 0) is 32.4 Å². The van der Waals surface area contributed by atoms with E-state index in [1.165, 1.54) is 70.6 Å². The highest BCUT2D eigenvalue weighted by atomic mass is 16.7. The van der Waals surface area contributed by atoms with Gasteiger partial charge in [-0.15, -0.1) is 0 Å². The molecule has 6 nitrogen and oxygen atoms in total. The standard InChI is InChI=1S/C31H52N2O4/c1-2-3-4-5-6-7-8-9-10-11-12-13-17-22-29(34)32-30(27-33-23-18-19-24-33)31(35,37-26-25-36-30)28-20-15-14-16-21-28/h14-16,20-21,35H,2-13,17-19,22-27H2,1H3,(H,32,34). The Kier molecular flexibility index (Phi) is 13.4. The molecule has 6 heteroatoms. The Hall–Kier alpha value is -1.47. The molecule has 0 saturated carbocycles. The first-order chi connectivity index (χ1) is 18.1. The van der Waals surface area contributed by atoms with Crippen molar-refractivity contribution >= 4 is 5.91 Å². The van der Waals surface area contributed by atoms with Crippen LogP contribution in [0.2, 0.25) is 0 Å². The van der Waals surface area contributed by atoms with Gasteiger partial charge < -0.3 is 19.9 Å². The number of hydrogen-bond acceptors (Lipinski definition) is 5. The quantitative estimate of drug-likeness (QED) is 0.225. The first kappa shape index (κ1) is 30.1. The molecule has 2 aliphatic rings. The molecular weight excluding hydrogens is 464 g/mol. The summed E-state index contributed by atoms with van der Waals surface area (Å²) >= 11 is 0. The van der Waals surface area contributed by atoms with Gasteiger partial charge in [0.1, 0.15) is 0 Å². The van der Waals surface area contributed by atoms with Crippen molar-refractivity contribution < 1.29 is 19.4 Å². The number of amides is 1. The van der Waals surface area contributed by atoms with E-state index in [-0.39, 0.29) is 12.5 Å². The minimum atomic E-state index is -1.74. The van der Waals surface area contributed by atoms with E-state index in [4.69, 9.17) is 9.47 Å². The van der Waals surface area contributed by atoms with E-state index in [1.807, 2.05) is 30.3 Å². The molecule has 0 bridgehead atoms. The van der Waals surface area contributed by atoms with Gasteiger partial charge in [0.15, 0.2) is 0 Å². The smallest absolute Gasteiger partial charge is 0.243 e. The van der Waals surface area contributed by atoms with Crippen LogP contribution in [-0.4, -0.2) is 54.5 Å². The molecule has 37 heavy (non-hydrogen) atoms. The van der Waals surface area contributed by atoms with E-state index in [2.05, 4.69) is 17.1 Å². The second-order valence-corrected chi connectivity index (χ2v) is 11.1. The van der Waals surface area contributed by atoms with Crippen molar-refractivity contribution in [3.8, 4) is 0 Å². The summed E-state index contributed by atoms with van der Waals surface area (Å²) in [6.07, 6.45) is 19.3. The summed E-state index contributed by atoms with van der Waals surface area (Å²) in [6.45, 7) is 5.16. The molecule has 1 amide bonds. The number of nitrogens with zero attached hydrogens (tertiary/aromatic N) is 1. The van der Waals surface area contributed by atoms with Gasteiger partial charge in [0, 0.05) is 12.0 Å². The molecule has 2 saturated heterocycles. The molecule has 1 aromatic rings. The Bertz CT molecular complexity index is 755. The lowest BCUT2D eigenvalue weighted by atomic mass is 9.91. The molecule has 3 rings (SSSR count). The third-order valence-corrected chi connectivity index (χ3v) is 7.95. The number of ether oxygens (including phenoxy) is 2. The Labute approximate surface area is 225 Å². The highest BCUT2D eigenvalue weighted by Crippen LogP contribution is 2.39. The Morgan fingerprint density at radius 2 is 1.38 bits per heavy atom. The molecule has 0 aromatic heterocycles. The largest absolute Gasteiger partial charge is 0.358 e. The normalized spacial score (nSPS) is 24.4. The molecule has 210 valence electrons. The number of unbranched alkanes of at least 4 members (excludes halogenated alkanes) is 12. The van der Waals surface area contributed by atoms with Crippen LogP contribution in [0.25, 0.3) is 0 Å². The first-order valence-electron chi connectivity index (χ1n) is 15.2. The minimum Gasteiger partial charge on any atom is -0.358 e. The molecule has 2 unspecified atom stereocenters. The molecule has 0 spiro atoms. The highest BCUT2D eigenvalue weighted by Gasteiger charge is 2.58. The van der Waals surface area contributed by atoms with Crippen molar-refractivity contribution in [2.45, 2.75) is 121 Å². The van der Waals surface area contributed by atoms with Crippen molar-refractivity contribution in [2.75, 3.05) is 32.8 Å². The van der Waals surface area contributed by atoms with Gasteiger partial charge in [0.2, 0.25) is 17.4 Å². The van der Waals surface area contributed by atoms with E-state index in [0.29, 0.717) is 25.1 Å². The Morgan fingerprint density at radius 1 is 0.838 bits per heavy atom. The van der Waals surface area contributed by atoms with Crippen molar-refractivity contribution in [3.05, 3.63) is 35.9 Å². The molecule has 0 radical (unpaired) electrons. The van der Waals surface area contributed by atoms with Crippen LogP contribution in [-0.2, 0) is 20.1 Å².